The summed E-state index contributed by atoms with van der Waals surface area (Å²) < 4.78 is 0. The Bertz CT molecular complexity index is 663. The Hall–Kier alpha value is -1.92. The maximum absolute atomic E-state index is 12.3. The lowest BCUT2D eigenvalue weighted by molar-refractivity contribution is -0.122. The Balaban J connectivity index is 1.65. The van der Waals surface area contributed by atoms with E-state index in [2.05, 4.69) is 40.0 Å². The zero-order valence-electron chi connectivity index (χ0n) is 17.4. The van der Waals surface area contributed by atoms with Crippen molar-refractivity contribution in [2.24, 2.45) is 0 Å². The fourth-order valence-corrected chi connectivity index (χ4v) is 4.48. The number of rotatable bonds is 7. The van der Waals surface area contributed by atoms with Crippen molar-refractivity contribution >= 4 is 11.6 Å². The number of carbonyl (C=O) groups is 1. The number of hydrogen-bond donors (Lipinski definition) is 2. The number of pyridine rings is 1. The van der Waals surface area contributed by atoms with E-state index in [1.807, 2.05) is 12.3 Å². The molecule has 0 aliphatic carbocycles. The van der Waals surface area contributed by atoms with Gasteiger partial charge < -0.3 is 15.5 Å². The summed E-state index contributed by atoms with van der Waals surface area (Å²) in [6.45, 7) is 12.6. The molecule has 0 spiro atoms. The second-order valence-electron chi connectivity index (χ2n) is 7.93. The van der Waals surface area contributed by atoms with E-state index in [9.17, 15) is 4.79 Å². The molecule has 2 fully saturated rings. The summed E-state index contributed by atoms with van der Waals surface area (Å²) in [5.41, 5.74) is 3.28. The number of allylic oxidation sites excluding steroid dienone is 1. The van der Waals surface area contributed by atoms with E-state index in [0.717, 1.165) is 44.7 Å². The first-order valence-electron chi connectivity index (χ1n) is 10.6. The fraction of sp³-hybridized carbons (Fsp3) is 0.636. The number of piperidine rings is 1. The van der Waals surface area contributed by atoms with Gasteiger partial charge in [-0.25, -0.2) is 0 Å². The van der Waals surface area contributed by atoms with Crippen molar-refractivity contribution in [2.75, 3.05) is 51.2 Å². The minimum Gasteiger partial charge on any atom is -0.370 e. The maximum atomic E-state index is 12.3. The fourth-order valence-electron chi connectivity index (χ4n) is 4.48. The van der Waals surface area contributed by atoms with Gasteiger partial charge in [0, 0.05) is 52.4 Å². The van der Waals surface area contributed by atoms with Crippen LogP contribution >= 0.6 is 0 Å². The molecule has 1 aromatic rings. The molecule has 2 aliphatic rings. The number of aryl methyl sites for hydroxylation is 1. The van der Waals surface area contributed by atoms with Crippen LogP contribution in [0.5, 0.6) is 0 Å². The normalized spacial score (nSPS) is 20.0. The van der Waals surface area contributed by atoms with E-state index in [4.69, 9.17) is 4.98 Å². The van der Waals surface area contributed by atoms with E-state index in [-0.39, 0.29) is 11.8 Å². The second kappa shape index (κ2) is 10.0. The Labute approximate surface area is 169 Å². The van der Waals surface area contributed by atoms with E-state index >= 15 is 0 Å². The molecule has 2 aliphatic heterocycles. The molecule has 2 saturated heterocycles. The number of piperazine rings is 1. The van der Waals surface area contributed by atoms with Crippen LogP contribution in [0.2, 0.25) is 0 Å². The number of carbonyl (C=O) groups excluding carboxylic acids is 1. The zero-order valence-corrected chi connectivity index (χ0v) is 17.4. The Morgan fingerprint density at radius 2 is 2.07 bits per heavy atom. The molecule has 0 aromatic carbocycles. The lowest BCUT2D eigenvalue weighted by atomic mass is 9.96. The van der Waals surface area contributed by atoms with Gasteiger partial charge in [-0.15, -0.1) is 6.58 Å². The third-order valence-corrected chi connectivity index (χ3v) is 6.16. The van der Waals surface area contributed by atoms with E-state index in [1.54, 1.807) is 7.05 Å². The molecule has 1 aromatic heterocycles. The van der Waals surface area contributed by atoms with Crippen LogP contribution in [0.3, 0.4) is 0 Å². The van der Waals surface area contributed by atoms with Crippen molar-refractivity contribution in [1.82, 2.24) is 20.5 Å². The van der Waals surface area contributed by atoms with Crippen LogP contribution in [-0.4, -0.2) is 68.1 Å². The van der Waals surface area contributed by atoms with E-state index in [0.29, 0.717) is 6.04 Å². The average molecular weight is 386 g/mol. The molecule has 1 amide bonds. The van der Waals surface area contributed by atoms with Gasteiger partial charge >= 0.3 is 0 Å². The topological polar surface area (TPSA) is 60.5 Å². The van der Waals surface area contributed by atoms with Crippen LogP contribution in [-0.2, 0) is 4.79 Å². The number of anilines is 1. The standard InChI is InChI=1S/C22H35N5O/c1-4-5-6-19(22(28)23-3)20-15-17(2)21(16-25-20)27-11-7-18(8-12-27)26-13-9-24-10-14-26/h4,15-16,18-19,24H,1,5-14H2,2-3H3,(H,23,28). The number of aromatic nitrogens is 1. The summed E-state index contributed by atoms with van der Waals surface area (Å²) in [6, 6.07) is 2.81. The molecular formula is C22H35N5O. The molecule has 0 bridgehead atoms. The zero-order chi connectivity index (χ0) is 19.9. The molecule has 6 nitrogen and oxygen atoms in total. The van der Waals surface area contributed by atoms with Crippen molar-refractivity contribution in [1.29, 1.82) is 0 Å². The molecule has 2 N–H and O–H groups in total. The van der Waals surface area contributed by atoms with Crippen LogP contribution in [0.4, 0.5) is 5.69 Å². The largest absolute Gasteiger partial charge is 0.370 e. The van der Waals surface area contributed by atoms with Crippen LogP contribution in [0.1, 0.15) is 42.9 Å². The van der Waals surface area contributed by atoms with Gasteiger partial charge in [-0.1, -0.05) is 6.08 Å². The predicted molar refractivity (Wildman–Crippen MR) is 115 cm³/mol. The SMILES string of the molecule is C=CCCC(C(=O)NC)c1cc(C)c(N2CCC(N3CCNCC3)CC2)cn1. The summed E-state index contributed by atoms with van der Waals surface area (Å²) in [4.78, 5) is 22.1. The van der Waals surface area contributed by atoms with Crippen LogP contribution in [0, 0.1) is 6.92 Å². The summed E-state index contributed by atoms with van der Waals surface area (Å²) in [7, 11) is 1.69. The van der Waals surface area contributed by atoms with Crippen molar-refractivity contribution in [3.8, 4) is 0 Å². The molecule has 154 valence electrons. The molecule has 0 saturated carbocycles. The Morgan fingerprint density at radius 3 is 2.68 bits per heavy atom. The van der Waals surface area contributed by atoms with Gasteiger partial charge in [0.05, 0.1) is 23.5 Å². The Morgan fingerprint density at radius 1 is 1.36 bits per heavy atom. The van der Waals surface area contributed by atoms with Crippen LogP contribution in [0.25, 0.3) is 0 Å². The molecular weight excluding hydrogens is 350 g/mol. The van der Waals surface area contributed by atoms with Gasteiger partial charge in [0.25, 0.3) is 0 Å². The summed E-state index contributed by atoms with van der Waals surface area (Å²) >= 11 is 0. The lowest BCUT2D eigenvalue weighted by Gasteiger charge is -2.41. The smallest absolute Gasteiger partial charge is 0.228 e. The monoisotopic (exact) mass is 385 g/mol. The molecule has 1 atom stereocenters. The molecule has 28 heavy (non-hydrogen) atoms. The quantitative estimate of drug-likeness (QED) is 0.704. The first kappa shape index (κ1) is 20.8. The minimum absolute atomic E-state index is 0.0262. The minimum atomic E-state index is -0.214. The molecule has 6 heteroatoms. The molecule has 0 radical (unpaired) electrons. The molecule has 1 unspecified atom stereocenters. The third kappa shape index (κ3) is 4.92. The highest BCUT2D eigenvalue weighted by Gasteiger charge is 2.27. The third-order valence-electron chi connectivity index (χ3n) is 6.16. The highest BCUT2D eigenvalue weighted by atomic mass is 16.1. The van der Waals surface area contributed by atoms with Gasteiger partial charge in [0.2, 0.25) is 5.91 Å². The molecule has 3 rings (SSSR count). The number of nitrogens with one attached hydrogen (secondary N) is 2. The van der Waals surface area contributed by atoms with Gasteiger partial charge in [0.15, 0.2) is 0 Å². The lowest BCUT2D eigenvalue weighted by Crippen LogP contribution is -2.52. The highest BCUT2D eigenvalue weighted by Crippen LogP contribution is 2.28. The molecule has 3 heterocycles. The second-order valence-corrected chi connectivity index (χ2v) is 7.93. The van der Waals surface area contributed by atoms with Gasteiger partial charge in [-0.2, -0.15) is 0 Å². The number of amides is 1. The van der Waals surface area contributed by atoms with E-state index < -0.39 is 0 Å². The number of hydrogen-bond acceptors (Lipinski definition) is 5. The van der Waals surface area contributed by atoms with Crippen LogP contribution in [0.15, 0.2) is 24.9 Å². The predicted octanol–water partition coefficient (Wildman–Crippen LogP) is 2.06. The van der Waals surface area contributed by atoms with Gasteiger partial charge in [0.1, 0.15) is 0 Å². The van der Waals surface area contributed by atoms with Crippen molar-refractivity contribution < 1.29 is 4.79 Å². The first-order chi connectivity index (χ1) is 13.6. The maximum Gasteiger partial charge on any atom is 0.228 e. The summed E-state index contributed by atoms with van der Waals surface area (Å²) in [6.07, 6.45) is 7.80. The van der Waals surface area contributed by atoms with E-state index in [1.165, 1.54) is 37.2 Å². The summed E-state index contributed by atoms with van der Waals surface area (Å²) in [5, 5.41) is 6.21. The number of likely N-dealkylation sites (N-methyl/N-ethyl adjacent to an activating group) is 1. The average Bonchev–Trinajstić information content (AvgIpc) is 2.74. The highest BCUT2D eigenvalue weighted by molar-refractivity contribution is 5.83. The van der Waals surface area contributed by atoms with Gasteiger partial charge in [-0.3, -0.25) is 14.7 Å². The van der Waals surface area contributed by atoms with Crippen molar-refractivity contribution in [3.63, 3.8) is 0 Å². The first-order valence-corrected chi connectivity index (χ1v) is 10.6. The number of nitrogens with zero attached hydrogens (tertiary/aromatic N) is 3. The van der Waals surface area contributed by atoms with Crippen molar-refractivity contribution in [3.05, 3.63) is 36.2 Å². The Kier molecular flexibility index (Phi) is 7.45. The van der Waals surface area contributed by atoms with Gasteiger partial charge in [-0.05, 0) is 44.2 Å². The summed E-state index contributed by atoms with van der Waals surface area (Å²) in [5.74, 6) is -0.187. The van der Waals surface area contributed by atoms with Crippen molar-refractivity contribution in [2.45, 2.75) is 44.6 Å². The van der Waals surface area contributed by atoms with Crippen LogP contribution < -0.4 is 15.5 Å².